The molecule has 0 aliphatic carbocycles. The van der Waals surface area contributed by atoms with Gasteiger partial charge in [-0.25, -0.2) is 0 Å². The third-order valence-electron chi connectivity index (χ3n) is 8.80. The van der Waals surface area contributed by atoms with Crippen molar-refractivity contribution < 1.29 is 32.9 Å². The second kappa shape index (κ2) is 33.5. The third-order valence-corrected chi connectivity index (χ3v) is 9.77. The van der Waals surface area contributed by atoms with E-state index in [0.717, 1.165) is 44.9 Å². The van der Waals surface area contributed by atoms with Gasteiger partial charge in [0.15, 0.2) is 0 Å². The van der Waals surface area contributed by atoms with Crippen molar-refractivity contribution in [1.82, 2.24) is 5.32 Å². The first-order chi connectivity index (χ1) is 24.0. The van der Waals surface area contributed by atoms with Crippen LogP contribution in [0.4, 0.5) is 0 Å². The van der Waals surface area contributed by atoms with Gasteiger partial charge in [0, 0.05) is 6.42 Å². The molecule has 0 spiro atoms. The molecule has 8 nitrogen and oxygen atoms in total. The molecule has 0 heterocycles. The van der Waals surface area contributed by atoms with E-state index in [2.05, 4.69) is 43.5 Å². The van der Waals surface area contributed by atoms with Crippen molar-refractivity contribution in [2.45, 2.75) is 180 Å². The Kier molecular flexibility index (Phi) is 32.7. The number of phosphoric ester groups is 1. The summed E-state index contributed by atoms with van der Waals surface area (Å²) in [7, 11) is 1.23. The van der Waals surface area contributed by atoms with E-state index in [1.165, 1.54) is 103 Å². The van der Waals surface area contributed by atoms with Crippen LogP contribution in [0.3, 0.4) is 0 Å². The molecular formula is C41H79N2O6P. The lowest BCUT2D eigenvalue weighted by Gasteiger charge is -2.29. The zero-order valence-electron chi connectivity index (χ0n) is 33.1. The second-order valence-corrected chi connectivity index (χ2v) is 16.4. The molecule has 0 saturated carbocycles. The molecule has 3 unspecified atom stereocenters. The van der Waals surface area contributed by atoms with Crippen LogP contribution in [-0.2, 0) is 18.4 Å². The predicted octanol–water partition coefficient (Wildman–Crippen LogP) is 10.1. The highest BCUT2D eigenvalue weighted by atomic mass is 31.2. The maximum Gasteiger partial charge on any atom is 0.268 e. The van der Waals surface area contributed by atoms with Gasteiger partial charge in [0.05, 0.1) is 39.9 Å². The van der Waals surface area contributed by atoms with Gasteiger partial charge in [-0.15, -0.1) is 0 Å². The summed E-state index contributed by atoms with van der Waals surface area (Å²) >= 11 is 0. The van der Waals surface area contributed by atoms with Crippen molar-refractivity contribution >= 4 is 13.7 Å². The average Bonchev–Trinajstić information content (AvgIpc) is 3.06. The number of carbonyl (C=O) groups is 1. The SMILES string of the molecule is CCC/C=C/CC/C=C/C(O)C(COP(=O)([O-])OCC[N+](C)(C)C)NC(=O)CCCCCCCCCCC/C=C\CCCCCCCCCC. The number of nitrogens with one attached hydrogen (secondary N) is 1. The van der Waals surface area contributed by atoms with Crippen molar-refractivity contribution in [3.05, 3.63) is 36.5 Å². The number of nitrogens with zero attached hydrogens (tertiary/aromatic N) is 1. The number of aliphatic hydroxyl groups is 1. The lowest BCUT2D eigenvalue weighted by Crippen LogP contribution is -2.45. The van der Waals surface area contributed by atoms with E-state index in [-0.39, 0.29) is 12.5 Å². The number of aliphatic hydroxyl groups excluding tert-OH is 1. The molecule has 0 fully saturated rings. The van der Waals surface area contributed by atoms with Gasteiger partial charge in [-0.1, -0.05) is 147 Å². The van der Waals surface area contributed by atoms with Crippen LogP contribution in [0, 0.1) is 0 Å². The smallest absolute Gasteiger partial charge is 0.268 e. The largest absolute Gasteiger partial charge is 0.756 e. The fourth-order valence-corrected chi connectivity index (χ4v) is 6.24. The monoisotopic (exact) mass is 727 g/mol. The highest BCUT2D eigenvalue weighted by Gasteiger charge is 2.23. The van der Waals surface area contributed by atoms with E-state index in [1.54, 1.807) is 6.08 Å². The molecule has 9 heteroatoms. The molecule has 0 aromatic heterocycles. The van der Waals surface area contributed by atoms with Crippen molar-refractivity contribution in [2.24, 2.45) is 0 Å². The minimum absolute atomic E-state index is 0.00756. The number of phosphoric acid groups is 1. The predicted molar refractivity (Wildman–Crippen MR) is 210 cm³/mol. The quantitative estimate of drug-likeness (QED) is 0.0288. The molecule has 0 aliphatic heterocycles. The Morgan fingerprint density at radius 2 is 1.16 bits per heavy atom. The van der Waals surface area contributed by atoms with Crippen molar-refractivity contribution in [1.29, 1.82) is 0 Å². The Morgan fingerprint density at radius 1 is 0.680 bits per heavy atom. The molecule has 1 amide bonds. The molecule has 50 heavy (non-hydrogen) atoms. The van der Waals surface area contributed by atoms with Crippen molar-refractivity contribution in [3.63, 3.8) is 0 Å². The first kappa shape index (κ1) is 48.7. The summed E-state index contributed by atoms with van der Waals surface area (Å²) < 4.78 is 23.0. The lowest BCUT2D eigenvalue weighted by atomic mass is 10.0. The summed E-state index contributed by atoms with van der Waals surface area (Å²) in [5.41, 5.74) is 0. The number of unbranched alkanes of at least 4 members (excludes halogenated alkanes) is 19. The van der Waals surface area contributed by atoms with E-state index in [0.29, 0.717) is 17.4 Å². The number of allylic oxidation sites excluding steroid dienone is 5. The van der Waals surface area contributed by atoms with Crippen LogP contribution in [0.5, 0.6) is 0 Å². The van der Waals surface area contributed by atoms with Gasteiger partial charge in [-0.3, -0.25) is 9.36 Å². The van der Waals surface area contributed by atoms with E-state index >= 15 is 0 Å². The van der Waals surface area contributed by atoms with Gasteiger partial charge < -0.3 is 28.8 Å². The fourth-order valence-electron chi connectivity index (χ4n) is 5.52. The molecule has 0 radical (unpaired) electrons. The van der Waals surface area contributed by atoms with Crippen LogP contribution in [0.25, 0.3) is 0 Å². The molecule has 3 atom stereocenters. The van der Waals surface area contributed by atoms with Gasteiger partial charge in [-0.2, -0.15) is 0 Å². The first-order valence-electron chi connectivity index (χ1n) is 20.4. The summed E-state index contributed by atoms with van der Waals surface area (Å²) in [6.45, 7) is 4.50. The fraction of sp³-hybridized carbons (Fsp3) is 0.829. The number of rotatable bonds is 36. The Bertz CT molecular complexity index is 917. The zero-order chi connectivity index (χ0) is 37.2. The molecular weight excluding hydrogens is 647 g/mol. The summed E-state index contributed by atoms with van der Waals surface area (Å²) in [6.07, 6.45) is 39.4. The topological polar surface area (TPSA) is 108 Å². The van der Waals surface area contributed by atoms with Crippen LogP contribution in [0.1, 0.15) is 168 Å². The highest BCUT2D eigenvalue weighted by Crippen LogP contribution is 2.38. The molecule has 2 N–H and O–H groups in total. The molecule has 0 aromatic carbocycles. The van der Waals surface area contributed by atoms with E-state index in [1.807, 2.05) is 27.2 Å². The minimum atomic E-state index is -4.58. The molecule has 0 bridgehead atoms. The lowest BCUT2D eigenvalue weighted by molar-refractivity contribution is -0.870. The molecule has 0 rings (SSSR count). The number of hydrogen-bond donors (Lipinski definition) is 2. The average molecular weight is 727 g/mol. The number of hydrogen-bond acceptors (Lipinski definition) is 6. The maximum absolute atomic E-state index is 12.7. The van der Waals surface area contributed by atoms with Gasteiger partial charge in [-0.05, 0) is 51.4 Å². The normalized spacial score (nSPS) is 14.9. The molecule has 0 saturated heterocycles. The summed E-state index contributed by atoms with van der Waals surface area (Å²) in [4.78, 5) is 25.1. The standard InChI is InChI=1S/C41H79N2O6P/c1-6-8-10-12-14-15-16-17-18-19-20-21-22-23-24-25-26-27-29-31-33-35-41(45)42-39(40(44)34-32-30-28-13-11-9-7-2)38-49-50(46,47)48-37-36-43(3,4)5/h11,13,19-20,32,34,39-40,44H,6-10,12,14-18,21-31,33,35-38H2,1-5H3,(H-,42,45,46,47)/b13-11+,20-19-,34-32+. The van der Waals surface area contributed by atoms with Crippen LogP contribution in [0.2, 0.25) is 0 Å². The molecule has 0 aliphatic rings. The van der Waals surface area contributed by atoms with E-state index < -0.39 is 26.6 Å². The summed E-state index contributed by atoms with van der Waals surface area (Å²) in [6, 6.07) is -0.899. The van der Waals surface area contributed by atoms with Crippen LogP contribution >= 0.6 is 7.82 Å². The van der Waals surface area contributed by atoms with Gasteiger partial charge in [0.1, 0.15) is 13.2 Å². The highest BCUT2D eigenvalue weighted by molar-refractivity contribution is 7.45. The maximum atomic E-state index is 12.7. The third kappa shape index (κ3) is 35.1. The van der Waals surface area contributed by atoms with Crippen molar-refractivity contribution in [3.8, 4) is 0 Å². The Morgan fingerprint density at radius 3 is 1.70 bits per heavy atom. The number of carbonyl (C=O) groups excluding carboxylic acids is 1. The van der Waals surface area contributed by atoms with Gasteiger partial charge in [0.25, 0.3) is 7.82 Å². The van der Waals surface area contributed by atoms with Crippen LogP contribution in [-0.4, -0.2) is 68.5 Å². The number of amides is 1. The Hall–Kier alpha value is -1.28. The van der Waals surface area contributed by atoms with Gasteiger partial charge >= 0.3 is 0 Å². The number of quaternary nitrogens is 1. The van der Waals surface area contributed by atoms with E-state index in [4.69, 9.17) is 9.05 Å². The summed E-state index contributed by atoms with van der Waals surface area (Å²) in [5, 5.41) is 13.6. The summed E-state index contributed by atoms with van der Waals surface area (Å²) in [5.74, 6) is -0.216. The second-order valence-electron chi connectivity index (χ2n) is 15.0. The van der Waals surface area contributed by atoms with Crippen LogP contribution in [0.15, 0.2) is 36.5 Å². The van der Waals surface area contributed by atoms with Gasteiger partial charge in [0.2, 0.25) is 5.91 Å². The molecule has 0 aromatic rings. The number of likely N-dealkylation sites (N-methyl/N-ethyl adjacent to an activating group) is 1. The Balaban J connectivity index is 4.23. The van der Waals surface area contributed by atoms with Crippen LogP contribution < -0.4 is 10.2 Å². The van der Waals surface area contributed by atoms with E-state index in [9.17, 15) is 19.4 Å². The Labute approximate surface area is 308 Å². The molecule has 294 valence electrons. The minimum Gasteiger partial charge on any atom is -0.756 e. The van der Waals surface area contributed by atoms with Crippen molar-refractivity contribution in [2.75, 3.05) is 40.9 Å². The zero-order valence-corrected chi connectivity index (χ0v) is 34.0. The first-order valence-corrected chi connectivity index (χ1v) is 21.8.